The van der Waals surface area contributed by atoms with Crippen molar-refractivity contribution in [1.82, 2.24) is 15.5 Å². The van der Waals surface area contributed by atoms with E-state index in [2.05, 4.69) is 10.6 Å². The number of imide groups is 1. The van der Waals surface area contributed by atoms with Gasteiger partial charge in [0.15, 0.2) is 0 Å². The number of carbonyl (C=O) groups excluding carboxylic acids is 3. The van der Waals surface area contributed by atoms with Gasteiger partial charge in [0, 0.05) is 20.0 Å². The number of rotatable bonds is 4. The molecule has 2 unspecified atom stereocenters. The maximum absolute atomic E-state index is 11.8. The van der Waals surface area contributed by atoms with Crippen LogP contribution in [0.25, 0.3) is 0 Å². The summed E-state index contributed by atoms with van der Waals surface area (Å²) < 4.78 is 0. The molecule has 0 spiro atoms. The molecule has 4 amide bonds. The minimum Gasteiger partial charge on any atom is -0.481 e. The molecule has 0 aliphatic carbocycles. The van der Waals surface area contributed by atoms with Gasteiger partial charge in [0.05, 0.1) is 5.92 Å². The standard InChI is InChI=1S/C11H17N3O5/c1-6(10(17)18)5-14(2)11(19)12-7-3-4-8(15)13-9(7)16/h6-7H,3-5H2,1-2H3,(H,12,19)(H,17,18)(H,13,15,16). The van der Waals surface area contributed by atoms with Crippen LogP contribution in [0.15, 0.2) is 0 Å². The summed E-state index contributed by atoms with van der Waals surface area (Å²) in [6.07, 6.45) is 0.421. The molecule has 1 aliphatic rings. The van der Waals surface area contributed by atoms with Gasteiger partial charge >= 0.3 is 12.0 Å². The lowest BCUT2D eigenvalue weighted by molar-refractivity contribution is -0.141. The minimum absolute atomic E-state index is 0.0361. The first-order chi connectivity index (χ1) is 8.81. The van der Waals surface area contributed by atoms with Gasteiger partial charge < -0.3 is 15.3 Å². The van der Waals surface area contributed by atoms with E-state index in [0.29, 0.717) is 0 Å². The van der Waals surface area contributed by atoms with Crippen LogP contribution >= 0.6 is 0 Å². The zero-order chi connectivity index (χ0) is 14.6. The second-order valence-electron chi connectivity index (χ2n) is 4.57. The van der Waals surface area contributed by atoms with Crippen LogP contribution in [0.5, 0.6) is 0 Å². The van der Waals surface area contributed by atoms with Crippen LogP contribution < -0.4 is 10.6 Å². The zero-order valence-electron chi connectivity index (χ0n) is 10.8. The van der Waals surface area contributed by atoms with E-state index in [1.165, 1.54) is 18.9 Å². The lowest BCUT2D eigenvalue weighted by atomic mass is 10.1. The van der Waals surface area contributed by atoms with Crippen molar-refractivity contribution in [2.45, 2.75) is 25.8 Å². The highest BCUT2D eigenvalue weighted by Gasteiger charge is 2.29. The predicted octanol–water partition coefficient (Wildman–Crippen LogP) is -0.846. The Labute approximate surface area is 110 Å². The Kier molecular flexibility index (Phi) is 4.85. The molecule has 1 saturated heterocycles. The largest absolute Gasteiger partial charge is 0.481 e. The van der Waals surface area contributed by atoms with Crippen molar-refractivity contribution in [3.05, 3.63) is 0 Å². The molecular formula is C11H17N3O5. The van der Waals surface area contributed by atoms with Gasteiger partial charge in [0.25, 0.3) is 0 Å². The Morgan fingerprint density at radius 3 is 2.68 bits per heavy atom. The zero-order valence-corrected chi connectivity index (χ0v) is 10.8. The summed E-state index contributed by atoms with van der Waals surface area (Å²) in [6.45, 7) is 1.52. The van der Waals surface area contributed by atoms with Crippen molar-refractivity contribution in [2.24, 2.45) is 5.92 Å². The fourth-order valence-electron chi connectivity index (χ4n) is 1.66. The molecule has 0 aromatic heterocycles. The van der Waals surface area contributed by atoms with E-state index >= 15 is 0 Å². The second-order valence-corrected chi connectivity index (χ2v) is 4.57. The number of piperidine rings is 1. The number of nitrogens with zero attached hydrogens (tertiary/aromatic N) is 1. The molecule has 0 aromatic rings. The fraction of sp³-hybridized carbons (Fsp3) is 0.636. The van der Waals surface area contributed by atoms with Crippen LogP contribution in [-0.4, -0.2) is 53.5 Å². The van der Waals surface area contributed by atoms with Gasteiger partial charge in [-0.25, -0.2) is 4.79 Å². The summed E-state index contributed by atoms with van der Waals surface area (Å²) in [6, 6.07) is -1.30. The first kappa shape index (κ1) is 14.9. The summed E-state index contributed by atoms with van der Waals surface area (Å²) >= 11 is 0. The van der Waals surface area contributed by atoms with E-state index in [4.69, 9.17) is 5.11 Å². The van der Waals surface area contributed by atoms with Crippen LogP contribution in [-0.2, 0) is 14.4 Å². The van der Waals surface area contributed by atoms with Gasteiger partial charge in [0.1, 0.15) is 6.04 Å². The Morgan fingerprint density at radius 1 is 1.53 bits per heavy atom. The average molecular weight is 271 g/mol. The summed E-state index contributed by atoms with van der Waals surface area (Å²) in [5.74, 6) is -2.59. The normalized spacial score (nSPS) is 20.4. The highest BCUT2D eigenvalue weighted by Crippen LogP contribution is 2.05. The lowest BCUT2D eigenvalue weighted by Gasteiger charge is -2.26. The van der Waals surface area contributed by atoms with Gasteiger partial charge in [0.2, 0.25) is 11.8 Å². The molecule has 0 saturated carbocycles. The lowest BCUT2D eigenvalue weighted by Crippen LogP contribution is -2.55. The van der Waals surface area contributed by atoms with Crippen LogP contribution in [0.1, 0.15) is 19.8 Å². The maximum Gasteiger partial charge on any atom is 0.317 e. The average Bonchev–Trinajstić information content (AvgIpc) is 2.32. The van der Waals surface area contributed by atoms with E-state index in [-0.39, 0.29) is 25.3 Å². The first-order valence-corrected chi connectivity index (χ1v) is 5.89. The van der Waals surface area contributed by atoms with E-state index in [1.54, 1.807) is 0 Å². The molecule has 106 valence electrons. The van der Waals surface area contributed by atoms with Crippen LogP contribution in [0.3, 0.4) is 0 Å². The number of carbonyl (C=O) groups is 4. The van der Waals surface area contributed by atoms with E-state index in [0.717, 1.165) is 0 Å². The fourth-order valence-corrected chi connectivity index (χ4v) is 1.66. The summed E-state index contributed by atoms with van der Waals surface area (Å²) in [5, 5.41) is 13.3. The number of carboxylic acids is 1. The molecule has 8 heteroatoms. The Hall–Kier alpha value is -2.12. The quantitative estimate of drug-likeness (QED) is 0.576. The Balaban J connectivity index is 2.48. The molecule has 8 nitrogen and oxygen atoms in total. The van der Waals surface area contributed by atoms with Gasteiger partial charge in [-0.3, -0.25) is 19.7 Å². The molecule has 1 aliphatic heterocycles. The van der Waals surface area contributed by atoms with Crippen molar-refractivity contribution in [1.29, 1.82) is 0 Å². The third-order valence-electron chi connectivity index (χ3n) is 2.85. The van der Waals surface area contributed by atoms with Crippen molar-refractivity contribution in [3.8, 4) is 0 Å². The molecule has 19 heavy (non-hydrogen) atoms. The monoisotopic (exact) mass is 271 g/mol. The molecule has 2 atom stereocenters. The van der Waals surface area contributed by atoms with Gasteiger partial charge in [-0.2, -0.15) is 0 Å². The van der Waals surface area contributed by atoms with Gasteiger partial charge in [-0.15, -0.1) is 0 Å². The maximum atomic E-state index is 11.8. The van der Waals surface area contributed by atoms with Crippen molar-refractivity contribution in [2.75, 3.05) is 13.6 Å². The third kappa shape index (κ3) is 4.23. The molecule has 1 fully saturated rings. The van der Waals surface area contributed by atoms with Crippen molar-refractivity contribution >= 4 is 23.8 Å². The summed E-state index contributed by atoms with van der Waals surface area (Å²) in [5.41, 5.74) is 0. The number of aliphatic carboxylic acids is 1. The smallest absolute Gasteiger partial charge is 0.317 e. The predicted molar refractivity (Wildman–Crippen MR) is 64.1 cm³/mol. The third-order valence-corrected chi connectivity index (χ3v) is 2.85. The first-order valence-electron chi connectivity index (χ1n) is 5.89. The van der Waals surface area contributed by atoms with Gasteiger partial charge in [-0.1, -0.05) is 6.92 Å². The van der Waals surface area contributed by atoms with Crippen LogP contribution in [0, 0.1) is 5.92 Å². The Bertz CT molecular complexity index is 409. The summed E-state index contributed by atoms with van der Waals surface area (Å²) in [4.78, 5) is 46.0. The molecule has 1 heterocycles. The molecule has 3 N–H and O–H groups in total. The van der Waals surface area contributed by atoms with Crippen molar-refractivity contribution in [3.63, 3.8) is 0 Å². The number of hydrogen-bond donors (Lipinski definition) is 3. The number of hydrogen-bond acceptors (Lipinski definition) is 4. The number of carboxylic acid groups (broad SMARTS) is 1. The van der Waals surface area contributed by atoms with E-state index < -0.39 is 29.9 Å². The molecular weight excluding hydrogens is 254 g/mol. The Morgan fingerprint density at radius 2 is 2.16 bits per heavy atom. The van der Waals surface area contributed by atoms with Crippen LogP contribution in [0.2, 0.25) is 0 Å². The number of nitrogens with one attached hydrogen (secondary N) is 2. The topological polar surface area (TPSA) is 116 Å². The van der Waals surface area contributed by atoms with Crippen molar-refractivity contribution < 1.29 is 24.3 Å². The molecule has 0 radical (unpaired) electrons. The molecule has 1 rings (SSSR count). The van der Waals surface area contributed by atoms with Crippen LogP contribution in [0.4, 0.5) is 4.79 Å². The highest BCUT2D eigenvalue weighted by atomic mass is 16.4. The second kappa shape index (κ2) is 6.17. The highest BCUT2D eigenvalue weighted by molar-refractivity contribution is 6.01. The summed E-state index contributed by atoms with van der Waals surface area (Å²) in [7, 11) is 1.45. The number of amides is 4. The minimum atomic E-state index is -0.999. The SMILES string of the molecule is CC(CN(C)C(=O)NC1CCC(=O)NC1=O)C(=O)O. The molecule has 0 bridgehead atoms. The van der Waals surface area contributed by atoms with Gasteiger partial charge in [-0.05, 0) is 6.42 Å². The molecule has 0 aromatic carbocycles. The van der Waals surface area contributed by atoms with E-state index in [9.17, 15) is 19.2 Å². The van der Waals surface area contributed by atoms with E-state index in [1.807, 2.05) is 0 Å². The number of urea groups is 1.